The molecule has 3 aromatic heterocycles. The average Bonchev–Trinajstić information content (AvgIpc) is 3.74. The van der Waals surface area contributed by atoms with Crippen molar-refractivity contribution in [2.75, 3.05) is 44.0 Å². The fraction of sp³-hybridized carbons (Fsp3) is 0.463. The monoisotopic (exact) mass is 721 g/mol. The fourth-order valence-electron chi connectivity index (χ4n) is 7.10. The largest absolute Gasteiger partial charge is 0.492 e. The van der Waals surface area contributed by atoms with Gasteiger partial charge in [0.1, 0.15) is 30.0 Å². The summed E-state index contributed by atoms with van der Waals surface area (Å²) in [4.78, 5) is 18.1. The number of nitrogens with one attached hydrogen (secondary N) is 2. The molecule has 12 heteroatoms. The maximum atomic E-state index is 13.7. The van der Waals surface area contributed by atoms with Crippen molar-refractivity contribution in [1.82, 2.24) is 34.6 Å². The first-order valence-corrected chi connectivity index (χ1v) is 18.5. The van der Waals surface area contributed by atoms with E-state index in [9.17, 15) is 4.79 Å². The van der Waals surface area contributed by atoms with Crippen LogP contribution in [0.5, 0.6) is 11.5 Å². The molecule has 0 spiro atoms. The Morgan fingerprint density at radius 3 is 2.53 bits per heavy atom. The Labute approximate surface area is 313 Å². The number of aromatic nitrogens is 5. The van der Waals surface area contributed by atoms with Gasteiger partial charge in [0, 0.05) is 36.7 Å². The smallest absolute Gasteiger partial charge is 0.320 e. The van der Waals surface area contributed by atoms with Crippen LogP contribution in [0.4, 0.5) is 16.6 Å². The van der Waals surface area contributed by atoms with E-state index in [1.807, 2.05) is 79.3 Å². The fourth-order valence-corrected chi connectivity index (χ4v) is 7.10. The number of likely N-dealkylation sites (N-methyl/N-ethyl adjacent to an activating group) is 1. The van der Waals surface area contributed by atoms with Crippen LogP contribution in [0.15, 0.2) is 72.9 Å². The van der Waals surface area contributed by atoms with Crippen LogP contribution in [0.2, 0.25) is 0 Å². The number of anilines is 2. The van der Waals surface area contributed by atoms with Crippen LogP contribution >= 0.6 is 0 Å². The van der Waals surface area contributed by atoms with Gasteiger partial charge in [-0.3, -0.25) is 9.72 Å². The Bertz CT molecular complexity index is 2010. The van der Waals surface area contributed by atoms with Gasteiger partial charge in [0.25, 0.3) is 0 Å². The molecular weight excluding hydrogens is 667 g/mol. The lowest BCUT2D eigenvalue weighted by Crippen LogP contribution is -2.38. The molecule has 0 bridgehead atoms. The van der Waals surface area contributed by atoms with E-state index in [-0.39, 0.29) is 31.0 Å². The Kier molecular flexibility index (Phi) is 11.3. The van der Waals surface area contributed by atoms with Gasteiger partial charge in [-0.15, -0.1) is 10.2 Å². The number of urea groups is 1. The maximum absolute atomic E-state index is 13.7. The SMILES string of the molecule is C.C[C@H]1CCCCN1c1nnc2ccc(O[C@@H]3CC[C@H](NC(=O)Nc4cc(C(C)(C)C)nn4-c4cccc(OCCN(C)C)c4)c4ccccc43)cn12. The molecule has 1 aliphatic heterocycles. The highest BCUT2D eigenvalue weighted by molar-refractivity contribution is 5.89. The summed E-state index contributed by atoms with van der Waals surface area (Å²) in [7, 11) is 4.04. The molecule has 12 nitrogen and oxygen atoms in total. The van der Waals surface area contributed by atoms with Crippen LogP contribution in [-0.4, -0.2) is 75.1 Å². The Balaban J connectivity index is 0.00000481. The highest BCUT2D eigenvalue weighted by Gasteiger charge is 2.31. The zero-order valence-corrected chi connectivity index (χ0v) is 31.2. The minimum atomic E-state index is -0.295. The second-order valence-electron chi connectivity index (χ2n) is 15.3. The average molecular weight is 722 g/mol. The summed E-state index contributed by atoms with van der Waals surface area (Å²) in [6.45, 7) is 10.9. The van der Waals surface area contributed by atoms with Crippen molar-refractivity contribution >= 4 is 23.4 Å². The van der Waals surface area contributed by atoms with Crippen molar-refractivity contribution in [3.05, 3.63) is 89.7 Å². The third kappa shape index (κ3) is 8.43. The van der Waals surface area contributed by atoms with Crippen LogP contribution in [-0.2, 0) is 5.41 Å². The molecule has 0 unspecified atom stereocenters. The molecule has 4 heterocycles. The van der Waals surface area contributed by atoms with Crippen molar-refractivity contribution in [1.29, 1.82) is 0 Å². The Morgan fingerprint density at radius 2 is 1.75 bits per heavy atom. The van der Waals surface area contributed by atoms with E-state index >= 15 is 0 Å². The third-order valence-electron chi connectivity index (χ3n) is 10.0. The Morgan fingerprint density at radius 1 is 0.943 bits per heavy atom. The summed E-state index contributed by atoms with van der Waals surface area (Å²) < 4.78 is 16.5. The van der Waals surface area contributed by atoms with Crippen molar-refractivity contribution < 1.29 is 14.3 Å². The normalized spacial score (nSPS) is 18.7. The number of nitrogens with zero attached hydrogens (tertiary/aromatic N) is 7. The van der Waals surface area contributed by atoms with E-state index in [0.717, 1.165) is 84.4 Å². The first-order chi connectivity index (χ1) is 25.0. The highest BCUT2D eigenvalue weighted by Crippen LogP contribution is 2.39. The van der Waals surface area contributed by atoms with Gasteiger partial charge in [-0.05, 0) is 88.5 Å². The number of benzene rings is 2. The second-order valence-corrected chi connectivity index (χ2v) is 15.3. The number of fused-ring (bicyclic) bond motifs is 2. The molecule has 5 aromatic rings. The molecule has 2 amide bonds. The van der Waals surface area contributed by atoms with E-state index in [1.54, 1.807) is 4.68 Å². The van der Waals surface area contributed by atoms with Crippen LogP contribution in [0.1, 0.15) is 96.2 Å². The van der Waals surface area contributed by atoms with E-state index in [1.165, 1.54) is 6.42 Å². The van der Waals surface area contributed by atoms with Crippen molar-refractivity contribution in [3.63, 3.8) is 0 Å². The summed E-state index contributed by atoms with van der Waals surface area (Å²) in [6.07, 6.45) is 6.86. The van der Waals surface area contributed by atoms with Crippen LogP contribution < -0.4 is 25.0 Å². The number of pyridine rings is 1. The Hall–Kier alpha value is -5.10. The zero-order chi connectivity index (χ0) is 36.4. The number of hydrogen-bond acceptors (Lipinski definition) is 8. The van der Waals surface area contributed by atoms with E-state index in [0.29, 0.717) is 18.5 Å². The lowest BCUT2D eigenvalue weighted by Gasteiger charge is -2.33. The van der Waals surface area contributed by atoms with Gasteiger partial charge in [0.2, 0.25) is 5.95 Å². The van der Waals surface area contributed by atoms with E-state index in [2.05, 4.69) is 70.5 Å². The molecule has 7 rings (SSSR count). The number of carbonyl (C=O) groups excluding carboxylic acids is 1. The molecule has 282 valence electrons. The predicted molar refractivity (Wildman–Crippen MR) is 211 cm³/mol. The molecule has 2 aromatic carbocycles. The quantitative estimate of drug-likeness (QED) is 0.150. The van der Waals surface area contributed by atoms with Gasteiger partial charge in [0.05, 0.1) is 23.6 Å². The van der Waals surface area contributed by atoms with Crippen molar-refractivity contribution in [3.8, 4) is 17.2 Å². The molecule has 0 saturated carbocycles. The minimum absolute atomic E-state index is 0. The third-order valence-corrected chi connectivity index (χ3v) is 10.0. The van der Waals surface area contributed by atoms with Gasteiger partial charge in [-0.1, -0.05) is 58.5 Å². The van der Waals surface area contributed by atoms with E-state index in [4.69, 9.17) is 14.6 Å². The predicted octanol–water partition coefficient (Wildman–Crippen LogP) is 7.94. The van der Waals surface area contributed by atoms with Gasteiger partial charge in [-0.2, -0.15) is 5.10 Å². The summed E-state index contributed by atoms with van der Waals surface area (Å²) >= 11 is 0. The standard InChI is InChI=1S/C40H51N9O3.CH4/c1-27-12-9-10-21-47(27)39-44-43-36-20-17-30(26-48(36)39)52-34-19-18-33(31-15-7-8-16-32(31)34)41-38(50)42-37-25-35(40(2,3)4)45-49(37)28-13-11-14-29(24-28)51-23-22-46(5)6;/h7-8,11,13-17,20,24-27,33-34H,9-10,12,18-19,21-23H2,1-6H3,(H2,41,42,50);1H4/t27-,33-,34+;/m0./s1. The van der Waals surface area contributed by atoms with Crippen LogP contribution in [0.25, 0.3) is 11.3 Å². The lowest BCUT2D eigenvalue weighted by molar-refractivity contribution is 0.171. The number of carbonyl (C=O) groups is 1. The summed E-state index contributed by atoms with van der Waals surface area (Å²) in [5, 5.41) is 20.3. The van der Waals surface area contributed by atoms with Crippen molar-refractivity contribution in [2.45, 2.75) is 90.8 Å². The number of piperidine rings is 1. The minimum Gasteiger partial charge on any atom is -0.492 e. The molecule has 2 N–H and O–H groups in total. The van der Waals surface area contributed by atoms with Crippen LogP contribution in [0, 0.1) is 0 Å². The number of ether oxygens (including phenoxy) is 2. The summed E-state index contributed by atoms with van der Waals surface area (Å²) in [5.74, 6) is 2.96. The van der Waals surface area contributed by atoms with Gasteiger partial charge < -0.3 is 24.6 Å². The van der Waals surface area contributed by atoms with Gasteiger partial charge >= 0.3 is 6.03 Å². The maximum Gasteiger partial charge on any atom is 0.320 e. The topological polar surface area (TPSA) is 114 Å². The molecule has 3 atom stereocenters. The second kappa shape index (κ2) is 15.9. The molecule has 0 radical (unpaired) electrons. The van der Waals surface area contributed by atoms with Gasteiger partial charge in [-0.25, -0.2) is 9.48 Å². The number of amides is 2. The van der Waals surface area contributed by atoms with Crippen LogP contribution in [0.3, 0.4) is 0 Å². The number of rotatable bonds is 10. The van der Waals surface area contributed by atoms with Gasteiger partial charge in [0.15, 0.2) is 5.65 Å². The lowest BCUT2D eigenvalue weighted by atomic mass is 9.85. The molecule has 2 aliphatic rings. The summed E-state index contributed by atoms with van der Waals surface area (Å²) in [5.41, 5.74) is 4.37. The highest BCUT2D eigenvalue weighted by atomic mass is 16.5. The van der Waals surface area contributed by atoms with E-state index < -0.39 is 0 Å². The molecule has 1 fully saturated rings. The molecule has 1 aliphatic carbocycles. The molecular formula is C41H55N9O3. The zero-order valence-electron chi connectivity index (χ0n) is 31.2. The first kappa shape index (κ1) is 37.7. The summed E-state index contributed by atoms with van der Waals surface area (Å²) in [6, 6.07) is 21.8. The number of hydrogen-bond donors (Lipinski definition) is 2. The molecule has 53 heavy (non-hydrogen) atoms. The molecule has 1 saturated heterocycles. The van der Waals surface area contributed by atoms with Crippen molar-refractivity contribution in [2.24, 2.45) is 0 Å². The first-order valence-electron chi connectivity index (χ1n) is 18.5.